The van der Waals surface area contributed by atoms with Crippen molar-refractivity contribution in [2.75, 3.05) is 0 Å². The van der Waals surface area contributed by atoms with Crippen molar-refractivity contribution >= 4 is 0 Å². The van der Waals surface area contributed by atoms with E-state index in [-0.39, 0.29) is 6.10 Å². The van der Waals surface area contributed by atoms with Crippen LogP contribution in [0.2, 0.25) is 0 Å². The fraction of sp³-hybridized carbons (Fsp3) is 0.647. The van der Waals surface area contributed by atoms with Gasteiger partial charge < -0.3 is 5.11 Å². The van der Waals surface area contributed by atoms with E-state index < -0.39 is 0 Å². The van der Waals surface area contributed by atoms with Gasteiger partial charge in [-0.1, -0.05) is 63.3 Å². The van der Waals surface area contributed by atoms with Gasteiger partial charge in [0, 0.05) is 0 Å². The number of hydrogen-bond donors (Lipinski definition) is 1. The lowest BCUT2D eigenvalue weighted by atomic mass is 9.77. The van der Waals surface area contributed by atoms with Gasteiger partial charge in [0.15, 0.2) is 0 Å². The van der Waals surface area contributed by atoms with E-state index in [1.54, 1.807) is 0 Å². The van der Waals surface area contributed by atoms with Gasteiger partial charge in [-0.15, -0.1) is 0 Å². The van der Waals surface area contributed by atoms with E-state index in [1.807, 2.05) is 0 Å². The molecule has 0 heterocycles. The Hall–Kier alpha value is -0.820. The number of hydrogen-bond acceptors (Lipinski definition) is 1. The highest BCUT2D eigenvalue weighted by molar-refractivity contribution is 5.33. The molecule has 1 saturated carbocycles. The lowest BCUT2D eigenvalue weighted by Crippen LogP contribution is -2.13. The topological polar surface area (TPSA) is 20.2 Å². The third-order valence-corrected chi connectivity index (χ3v) is 4.23. The van der Waals surface area contributed by atoms with Gasteiger partial charge in [0.25, 0.3) is 0 Å². The Labute approximate surface area is 111 Å². The van der Waals surface area contributed by atoms with Crippen LogP contribution in [0.4, 0.5) is 0 Å². The van der Waals surface area contributed by atoms with Crippen LogP contribution in [0.3, 0.4) is 0 Å². The smallest absolute Gasteiger partial charge is 0.0792 e. The Kier molecular flexibility index (Phi) is 5.25. The van der Waals surface area contributed by atoms with E-state index in [9.17, 15) is 5.11 Å². The van der Waals surface area contributed by atoms with Crippen LogP contribution >= 0.6 is 0 Å². The number of aliphatic hydroxyl groups is 1. The summed E-state index contributed by atoms with van der Waals surface area (Å²) >= 11 is 0. The van der Waals surface area contributed by atoms with Gasteiger partial charge in [-0.2, -0.15) is 0 Å². The van der Waals surface area contributed by atoms with E-state index in [4.69, 9.17) is 0 Å². The summed E-state index contributed by atoms with van der Waals surface area (Å²) in [6, 6.07) is 8.51. The Morgan fingerprint density at radius 3 is 2.61 bits per heavy atom. The minimum absolute atomic E-state index is 0.251. The molecule has 1 aliphatic carbocycles. The van der Waals surface area contributed by atoms with Crippen LogP contribution < -0.4 is 0 Å². The molecule has 2 rings (SSSR count). The van der Waals surface area contributed by atoms with E-state index in [0.717, 1.165) is 12.8 Å². The minimum atomic E-state index is -0.251. The fourth-order valence-electron chi connectivity index (χ4n) is 2.83. The standard InChI is InChI=1S/C17H26O/c1-2-3-4-5-13-17(18)16-12-7-6-11-15(16)14-9-8-10-14/h6-7,11-12,14,17-18H,2-5,8-10,13H2,1H3. The van der Waals surface area contributed by atoms with Crippen molar-refractivity contribution in [3.63, 3.8) is 0 Å². The van der Waals surface area contributed by atoms with Gasteiger partial charge in [-0.25, -0.2) is 0 Å². The Morgan fingerprint density at radius 1 is 1.17 bits per heavy atom. The Balaban J connectivity index is 1.93. The van der Waals surface area contributed by atoms with Crippen molar-refractivity contribution in [3.05, 3.63) is 35.4 Å². The molecule has 1 heteroatoms. The maximum atomic E-state index is 10.4. The molecule has 0 spiro atoms. The first-order chi connectivity index (χ1) is 8.83. The molecule has 0 saturated heterocycles. The lowest BCUT2D eigenvalue weighted by molar-refractivity contribution is 0.161. The summed E-state index contributed by atoms with van der Waals surface area (Å²) < 4.78 is 0. The molecule has 1 aromatic rings. The molecule has 0 radical (unpaired) electrons. The van der Waals surface area contributed by atoms with Crippen molar-refractivity contribution in [1.29, 1.82) is 0 Å². The van der Waals surface area contributed by atoms with Crippen LogP contribution in [0.25, 0.3) is 0 Å². The van der Waals surface area contributed by atoms with Crippen LogP contribution in [0.5, 0.6) is 0 Å². The molecular weight excluding hydrogens is 220 g/mol. The molecule has 0 amide bonds. The molecule has 1 fully saturated rings. The summed E-state index contributed by atoms with van der Waals surface area (Å²) in [4.78, 5) is 0. The van der Waals surface area contributed by atoms with E-state index in [2.05, 4.69) is 31.2 Å². The first kappa shape index (κ1) is 13.6. The summed E-state index contributed by atoms with van der Waals surface area (Å²) in [5.41, 5.74) is 2.60. The molecule has 1 unspecified atom stereocenters. The van der Waals surface area contributed by atoms with E-state index >= 15 is 0 Å². The summed E-state index contributed by atoms with van der Waals surface area (Å²) in [5, 5.41) is 10.4. The summed E-state index contributed by atoms with van der Waals surface area (Å²) in [7, 11) is 0. The summed E-state index contributed by atoms with van der Waals surface area (Å²) in [6.07, 6.45) is 9.58. The van der Waals surface area contributed by atoms with Gasteiger partial charge in [-0.3, -0.25) is 0 Å². The highest BCUT2D eigenvalue weighted by Gasteiger charge is 2.23. The van der Waals surface area contributed by atoms with Crippen LogP contribution in [0.15, 0.2) is 24.3 Å². The molecule has 1 aromatic carbocycles. The van der Waals surface area contributed by atoms with Crippen LogP contribution in [-0.4, -0.2) is 5.11 Å². The Morgan fingerprint density at radius 2 is 1.94 bits per heavy atom. The second-order valence-electron chi connectivity index (χ2n) is 5.62. The van der Waals surface area contributed by atoms with Gasteiger partial charge in [0.05, 0.1) is 6.10 Å². The third-order valence-electron chi connectivity index (χ3n) is 4.23. The summed E-state index contributed by atoms with van der Waals surface area (Å²) in [6.45, 7) is 2.22. The third kappa shape index (κ3) is 3.35. The van der Waals surface area contributed by atoms with Gasteiger partial charge >= 0.3 is 0 Å². The average molecular weight is 246 g/mol. The molecule has 18 heavy (non-hydrogen) atoms. The number of benzene rings is 1. The van der Waals surface area contributed by atoms with Crippen LogP contribution in [-0.2, 0) is 0 Å². The molecule has 1 aliphatic rings. The van der Waals surface area contributed by atoms with Crippen LogP contribution in [0, 0.1) is 0 Å². The van der Waals surface area contributed by atoms with Crippen molar-refractivity contribution in [3.8, 4) is 0 Å². The first-order valence-electron chi connectivity index (χ1n) is 7.59. The number of aliphatic hydroxyl groups excluding tert-OH is 1. The minimum Gasteiger partial charge on any atom is -0.388 e. The maximum absolute atomic E-state index is 10.4. The molecule has 0 aromatic heterocycles. The normalized spacial score (nSPS) is 17.4. The molecule has 1 N–H and O–H groups in total. The van der Waals surface area contributed by atoms with Crippen molar-refractivity contribution < 1.29 is 5.11 Å². The Bertz CT molecular complexity index is 354. The lowest BCUT2D eigenvalue weighted by Gasteiger charge is -2.29. The van der Waals surface area contributed by atoms with Gasteiger partial charge in [-0.05, 0) is 36.3 Å². The second kappa shape index (κ2) is 6.94. The highest BCUT2D eigenvalue weighted by Crippen LogP contribution is 2.40. The van der Waals surface area contributed by atoms with Gasteiger partial charge in [0.2, 0.25) is 0 Å². The molecule has 1 nitrogen and oxygen atoms in total. The zero-order valence-electron chi connectivity index (χ0n) is 11.6. The van der Waals surface area contributed by atoms with Crippen molar-refractivity contribution in [1.82, 2.24) is 0 Å². The van der Waals surface area contributed by atoms with Gasteiger partial charge in [0.1, 0.15) is 0 Å². The average Bonchev–Trinajstić information content (AvgIpc) is 2.33. The highest BCUT2D eigenvalue weighted by atomic mass is 16.3. The quantitative estimate of drug-likeness (QED) is 0.674. The van der Waals surface area contributed by atoms with Crippen LogP contribution in [0.1, 0.15) is 81.4 Å². The van der Waals surface area contributed by atoms with E-state index in [0.29, 0.717) is 5.92 Å². The fourth-order valence-corrected chi connectivity index (χ4v) is 2.83. The molecule has 0 aliphatic heterocycles. The molecule has 1 atom stereocenters. The van der Waals surface area contributed by atoms with E-state index in [1.165, 1.54) is 49.7 Å². The monoisotopic (exact) mass is 246 g/mol. The molecule has 0 bridgehead atoms. The predicted molar refractivity (Wildman–Crippen MR) is 76.8 cm³/mol. The first-order valence-corrected chi connectivity index (χ1v) is 7.59. The second-order valence-corrected chi connectivity index (χ2v) is 5.62. The largest absolute Gasteiger partial charge is 0.388 e. The summed E-state index contributed by atoms with van der Waals surface area (Å²) in [5.74, 6) is 0.714. The SMILES string of the molecule is CCCCCCC(O)c1ccccc1C1CCC1. The molecule has 100 valence electrons. The zero-order chi connectivity index (χ0) is 12.8. The van der Waals surface area contributed by atoms with Crippen molar-refractivity contribution in [2.24, 2.45) is 0 Å². The maximum Gasteiger partial charge on any atom is 0.0792 e. The predicted octanol–water partition coefficient (Wildman–Crippen LogP) is 4.96. The number of unbranched alkanes of at least 4 members (excludes halogenated alkanes) is 3. The zero-order valence-corrected chi connectivity index (χ0v) is 11.6. The number of rotatable bonds is 7. The van der Waals surface area contributed by atoms with Crippen molar-refractivity contribution in [2.45, 2.75) is 70.3 Å². The molecular formula is C17H26O.